The van der Waals surface area contributed by atoms with E-state index in [1.165, 1.54) is 6.33 Å². The van der Waals surface area contributed by atoms with Gasteiger partial charge in [-0.05, 0) is 19.1 Å². The normalized spacial score (nSPS) is 10.9. The lowest BCUT2D eigenvalue weighted by molar-refractivity contribution is 0.0963. The van der Waals surface area contributed by atoms with Crippen molar-refractivity contribution in [2.45, 2.75) is 6.92 Å². The van der Waals surface area contributed by atoms with Crippen molar-refractivity contribution in [2.24, 2.45) is 0 Å². The largest absolute Gasteiger partial charge is 0.383 e. The third-order valence-corrected chi connectivity index (χ3v) is 4.74. The van der Waals surface area contributed by atoms with E-state index in [2.05, 4.69) is 25.6 Å². The van der Waals surface area contributed by atoms with Gasteiger partial charge in [0.05, 0.1) is 28.6 Å². The number of halogens is 1. The van der Waals surface area contributed by atoms with Crippen LogP contribution in [0.1, 0.15) is 28.5 Å². The van der Waals surface area contributed by atoms with E-state index in [4.69, 9.17) is 27.5 Å². The van der Waals surface area contributed by atoms with Gasteiger partial charge in [-0.3, -0.25) is 10.2 Å². The molecule has 0 radical (unpaired) electrons. The van der Waals surface area contributed by atoms with Crippen LogP contribution in [0, 0.1) is 5.41 Å². The van der Waals surface area contributed by atoms with Crippen LogP contribution in [-0.4, -0.2) is 53.4 Å². The molecule has 9 nitrogen and oxygen atoms in total. The monoisotopic (exact) mass is 415 g/mol. The van der Waals surface area contributed by atoms with Crippen LogP contribution in [0.5, 0.6) is 0 Å². The van der Waals surface area contributed by atoms with Crippen LogP contribution in [0.25, 0.3) is 10.9 Å². The quantitative estimate of drug-likeness (QED) is 0.282. The number of anilines is 2. The summed E-state index contributed by atoms with van der Waals surface area (Å²) in [5.41, 5.74) is 7.91. The first-order valence-corrected chi connectivity index (χ1v) is 9.40. The summed E-state index contributed by atoms with van der Waals surface area (Å²) >= 11 is 6.52. The Hall–Kier alpha value is -3.17. The molecule has 10 heteroatoms. The molecule has 0 spiro atoms. The van der Waals surface area contributed by atoms with Crippen molar-refractivity contribution in [1.82, 2.24) is 20.3 Å². The number of amides is 1. The van der Waals surface area contributed by atoms with E-state index in [1.54, 1.807) is 25.2 Å². The summed E-state index contributed by atoms with van der Waals surface area (Å²) in [7, 11) is 1.56. The molecule has 0 aliphatic carbocycles. The topological polar surface area (TPSA) is 142 Å². The average Bonchev–Trinajstić information content (AvgIpc) is 3.06. The highest BCUT2D eigenvalue weighted by atomic mass is 35.5. The molecule has 1 aromatic carbocycles. The Balaban J connectivity index is 1.99. The van der Waals surface area contributed by atoms with E-state index < -0.39 is 0 Å². The zero-order valence-electron chi connectivity index (χ0n) is 16.1. The SMILES string of the molecule is CCOCCNc1ncnc(N)c1C(=N)c1[nH]c2cc(C(=O)NC)ccc2c1Cl. The van der Waals surface area contributed by atoms with Crippen molar-refractivity contribution < 1.29 is 9.53 Å². The zero-order valence-corrected chi connectivity index (χ0v) is 16.9. The van der Waals surface area contributed by atoms with E-state index in [1.807, 2.05) is 6.92 Å². The molecular weight excluding hydrogens is 394 g/mol. The molecule has 0 bridgehead atoms. The summed E-state index contributed by atoms with van der Waals surface area (Å²) in [5.74, 6) is 0.364. The van der Waals surface area contributed by atoms with Crippen LogP contribution in [0.4, 0.5) is 11.6 Å². The highest BCUT2D eigenvalue weighted by molar-refractivity contribution is 6.40. The number of aromatic nitrogens is 3. The smallest absolute Gasteiger partial charge is 0.251 e. The fourth-order valence-electron chi connectivity index (χ4n) is 2.91. The van der Waals surface area contributed by atoms with Gasteiger partial charge in [0, 0.05) is 36.7 Å². The number of H-pyrrole nitrogens is 1. The number of ether oxygens (including phenoxy) is 1. The first kappa shape index (κ1) is 20.6. The molecule has 0 unspecified atom stereocenters. The Morgan fingerprint density at radius 3 is 2.90 bits per heavy atom. The van der Waals surface area contributed by atoms with Gasteiger partial charge in [-0.2, -0.15) is 0 Å². The van der Waals surface area contributed by atoms with Gasteiger partial charge < -0.3 is 26.1 Å². The van der Waals surface area contributed by atoms with Crippen LogP contribution in [0.2, 0.25) is 5.02 Å². The predicted octanol–water partition coefficient (Wildman–Crippen LogP) is 2.42. The third-order valence-electron chi connectivity index (χ3n) is 4.34. The molecule has 152 valence electrons. The number of hydrogen-bond acceptors (Lipinski definition) is 7. The summed E-state index contributed by atoms with van der Waals surface area (Å²) in [5, 5.41) is 15.4. The standard InChI is InChI=1S/C19H22ClN7O2/c1-3-29-7-6-24-18-13(17(22)25-9-26-18)15(21)16-14(20)11-5-4-10(19(28)23-2)8-12(11)27-16/h4-5,8-9,21,27H,3,6-7H2,1-2H3,(H,23,28)(H3,22,24,25,26). The molecule has 1 amide bonds. The van der Waals surface area contributed by atoms with Gasteiger partial charge in [0.2, 0.25) is 0 Å². The van der Waals surface area contributed by atoms with Gasteiger partial charge in [-0.1, -0.05) is 17.7 Å². The number of rotatable bonds is 8. The minimum atomic E-state index is -0.212. The van der Waals surface area contributed by atoms with Crippen LogP contribution in [0.15, 0.2) is 24.5 Å². The second kappa shape index (κ2) is 8.89. The number of hydrogen-bond donors (Lipinski definition) is 5. The van der Waals surface area contributed by atoms with Crippen molar-refractivity contribution in [3.63, 3.8) is 0 Å². The van der Waals surface area contributed by atoms with Gasteiger partial charge in [0.25, 0.3) is 5.91 Å². The number of nitrogens with zero attached hydrogens (tertiary/aromatic N) is 2. The van der Waals surface area contributed by atoms with Gasteiger partial charge in [-0.25, -0.2) is 9.97 Å². The third kappa shape index (κ3) is 4.15. The Morgan fingerprint density at radius 1 is 1.38 bits per heavy atom. The fraction of sp³-hybridized carbons (Fsp3) is 0.263. The summed E-state index contributed by atoms with van der Waals surface area (Å²) in [6, 6.07) is 5.10. The lowest BCUT2D eigenvalue weighted by Crippen LogP contribution is -2.17. The lowest BCUT2D eigenvalue weighted by atomic mass is 10.1. The van der Waals surface area contributed by atoms with Gasteiger partial charge in [0.1, 0.15) is 18.0 Å². The van der Waals surface area contributed by atoms with E-state index in [0.29, 0.717) is 58.3 Å². The number of aromatic amines is 1. The summed E-state index contributed by atoms with van der Waals surface area (Å²) in [6.07, 6.45) is 1.33. The minimum Gasteiger partial charge on any atom is -0.383 e. The lowest BCUT2D eigenvalue weighted by Gasteiger charge is -2.13. The molecule has 2 heterocycles. The second-order valence-electron chi connectivity index (χ2n) is 6.13. The maximum Gasteiger partial charge on any atom is 0.251 e. The van der Waals surface area contributed by atoms with Gasteiger partial charge in [-0.15, -0.1) is 0 Å². The summed E-state index contributed by atoms with van der Waals surface area (Å²) in [4.78, 5) is 23.2. The highest BCUT2D eigenvalue weighted by Gasteiger charge is 2.21. The molecule has 0 saturated heterocycles. The maximum atomic E-state index is 11.9. The van der Waals surface area contributed by atoms with Crippen molar-refractivity contribution in [3.05, 3.63) is 46.4 Å². The summed E-state index contributed by atoms with van der Waals surface area (Å²) in [6.45, 7) is 3.51. The predicted molar refractivity (Wildman–Crippen MR) is 114 cm³/mol. The highest BCUT2D eigenvalue weighted by Crippen LogP contribution is 2.31. The number of nitrogen functional groups attached to an aromatic ring is 1. The number of fused-ring (bicyclic) bond motifs is 1. The van der Waals surface area contributed by atoms with E-state index in [9.17, 15) is 4.79 Å². The number of carbonyl (C=O) groups is 1. The molecule has 3 aromatic rings. The molecule has 0 saturated carbocycles. The first-order chi connectivity index (χ1) is 14.0. The summed E-state index contributed by atoms with van der Waals surface area (Å²) < 4.78 is 5.32. The van der Waals surface area contributed by atoms with Crippen LogP contribution in [-0.2, 0) is 4.74 Å². The van der Waals surface area contributed by atoms with Gasteiger partial charge in [0.15, 0.2) is 0 Å². The van der Waals surface area contributed by atoms with E-state index in [0.717, 1.165) is 0 Å². The Kier molecular flexibility index (Phi) is 6.30. The Morgan fingerprint density at radius 2 is 2.17 bits per heavy atom. The van der Waals surface area contributed by atoms with Crippen molar-refractivity contribution in [1.29, 1.82) is 5.41 Å². The fourth-order valence-corrected chi connectivity index (χ4v) is 3.22. The molecule has 0 aliphatic rings. The molecule has 0 fully saturated rings. The molecule has 6 N–H and O–H groups in total. The number of benzene rings is 1. The molecule has 3 rings (SSSR count). The van der Waals surface area contributed by atoms with Crippen LogP contribution in [0.3, 0.4) is 0 Å². The van der Waals surface area contributed by atoms with Gasteiger partial charge >= 0.3 is 0 Å². The molecule has 29 heavy (non-hydrogen) atoms. The van der Waals surface area contributed by atoms with E-state index >= 15 is 0 Å². The molecule has 2 aromatic heterocycles. The van der Waals surface area contributed by atoms with Crippen molar-refractivity contribution in [2.75, 3.05) is 37.9 Å². The number of carbonyl (C=O) groups excluding carboxylic acids is 1. The maximum absolute atomic E-state index is 11.9. The van der Waals surface area contributed by atoms with Crippen LogP contribution < -0.4 is 16.4 Å². The van der Waals surface area contributed by atoms with Crippen LogP contribution >= 0.6 is 11.6 Å². The van der Waals surface area contributed by atoms with E-state index in [-0.39, 0.29) is 17.4 Å². The molecule has 0 atom stereocenters. The second-order valence-corrected chi connectivity index (χ2v) is 6.51. The Bertz CT molecular complexity index is 1060. The first-order valence-electron chi connectivity index (χ1n) is 9.02. The number of nitrogens with two attached hydrogens (primary N) is 1. The zero-order chi connectivity index (χ0) is 21.0. The minimum absolute atomic E-state index is 0.0460. The van der Waals surface area contributed by atoms with Crippen molar-refractivity contribution >= 4 is 45.8 Å². The average molecular weight is 416 g/mol. The number of nitrogens with one attached hydrogen (secondary N) is 4. The Labute approximate surface area is 172 Å². The molecular formula is C19H22ClN7O2. The van der Waals surface area contributed by atoms with Crippen molar-refractivity contribution in [3.8, 4) is 0 Å². The molecule has 0 aliphatic heterocycles.